The predicted octanol–water partition coefficient (Wildman–Crippen LogP) is 6.48. The molecule has 0 unspecified atom stereocenters. The van der Waals surface area contributed by atoms with E-state index in [0.29, 0.717) is 40.8 Å². The number of carbonyl (C=O) groups is 1. The van der Waals surface area contributed by atoms with Crippen LogP contribution in [0.15, 0.2) is 54.9 Å². The van der Waals surface area contributed by atoms with Gasteiger partial charge in [-0.3, -0.25) is 9.78 Å². The first kappa shape index (κ1) is 25.0. The first-order chi connectivity index (χ1) is 16.6. The zero-order chi connectivity index (χ0) is 25.2. The Morgan fingerprint density at radius 3 is 2.60 bits per heavy atom. The van der Waals surface area contributed by atoms with E-state index in [0.717, 1.165) is 30.7 Å². The molecule has 0 bridgehead atoms. The van der Waals surface area contributed by atoms with Crippen molar-refractivity contribution in [2.24, 2.45) is 5.92 Å². The summed E-state index contributed by atoms with van der Waals surface area (Å²) >= 11 is 5.92. The van der Waals surface area contributed by atoms with E-state index in [9.17, 15) is 18.0 Å². The maximum absolute atomic E-state index is 13.8. The number of aromatic nitrogens is 2. The molecule has 4 rings (SSSR count). The van der Waals surface area contributed by atoms with Crippen molar-refractivity contribution in [3.8, 4) is 11.3 Å². The number of pyridine rings is 2. The van der Waals surface area contributed by atoms with E-state index in [4.69, 9.17) is 11.6 Å². The molecule has 1 aliphatic heterocycles. The lowest BCUT2D eigenvalue weighted by molar-refractivity contribution is -0.137. The second-order valence-electron chi connectivity index (χ2n) is 8.91. The molecule has 3 aromatic rings. The first-order valence-corrected chi connectivity index (χ1v) is 11.8. The number of anilines is 1. The first-order valence-electron chi connectivity index (χ1n) is 11.4. The minimum Gasteiger partial charge on any atom is -0.368 e. The van der Waals surface area contributed by atoms with E-state index in [1.54, 1.807) is 30.5 Å². The van der Waals surface area contributed by atoms with Crippen LogP contribution in [0.25, 0.3) is 11.3 Å². The van der Waals surface area contributed by atoms with Crippen molar-refractivity contribution in [1.82, 2.24) is 14.9 Å². The highest BCUT2D eigenvalue weighted by Gasteiger charge is 2.34. The quantitative estimate of drug-likeness (QED) is 0.434. The fourth-order valence-corrected chi connectivity index (χ4v) is 4.55. The van der Waals surface area contributed by atoms with Crippen molar-refractivity contribution >= 4 is 23.3 Å². The molecule has 1 aliphatic rings. The van der Waals surface area contributed by atoms with E-state index in [1.807, 2.05) is 17.9 Å². The molecule has 2 aromatic heterocycles. The molecule has 9 heteroatoms. The highest BCUT2D eigenvalue weighted by atomic mass is 35.5. The van der Waals surface area contributed by atoms with Crippen molar-refractivity contribution in [2.75, 3.05) is 18.4 Å². The fourth-order valence-electron chi connectivity index (χ4n) is 4.44. The topological polar surface area (TPSA) is 58.1 Å². The van der Waals surface area contributed by atoms with Crippen LogP contribution in [0.5, 0.6) is 0 Å². The van der Waals surface area contributed by atoms with Gasteiger partial charge in [-0.2, -0.15) is 13.2 Å². The van der Waals surface area contributed by atoms with Gasteiger partial charge in [-0.1, -0.05) is 36.2 Å². The van der Waals surface area contributed by atoms with E-state index >= 15 is 0 Å². The Labute approximate surface area is 207 Å². The lowest BCUT2D eigenvalue weighted by Crippen LogP contribution is -2.51. The third-order valence-electron chi connectivity index (χ3n) is 6.37. The van der Waals surface area contributed by atoms with E-state index in [-0.39, 0.29) is 17.9 Å². The summed E-state index contributed by atoms with van der Waals surface area (Å²) in [7, 11) is 0. The Kier molecular flexibility index (Phi) is 7.31. The number of rotatable bonds is 5. The number of hydrogen-bond donors (Lipinski definition) is 1. The van der Waals surface area contributed by atoms with Gasteiger partial charge < -0.3 is 10.2 Å². The molecule has 1 amide bonds. The molecular weight excluding hydrogens is 477 g/mol. The molecule has 1 aromatic carbocycles. The molecule has 0 saturated carbocycles. The highest BCUT2D eigenvalue weighted by Crippen LogP contribution is 2.32. The van der Waals surface area contributed by atoms with Crippen LogP contribution in [0.3, 0.4) is 0 Å². The number of carbonyl (C=O) groups excluding carboxylic acids is 1. The Morgan fingerprint density at radius 2 is 1.94 bits per heavy atom. The molecular formula is C26H26ClF3N4O. The fraction of sp³-hybridized carbons (Fsp3) is 0.346. The van der Waals surface area contributed by atoms with Crippen molar-refractivity contribution in [3.63, 3.8) is 0 Å². The van der Waals surface area contributed by atoms with E-state index in [1.165, 1.54) is 6.07 Å². The van der Waals surface area contributed by atoms with Gasteiger partial charge in [0.15, 0.2) is 0 Å². The minimum atomic E-state index is -4.47. The Balaban J connectivity index is 1.62. The molecule has 35 heavy (non-hydrogen) atoms. The van der Waals surface area contributed by atoms with Gasteiger partial charge in [0, 0.05) is 36.6 Å². The number of benzene rings is 1. The van der Waals surface area contributed by atoms with Crippen LogP contribution in [0.4, 0.5) is 19.0 Å². The third kappa shape index (κ3) is 5.75. The lowest BCUT2D eigenvalue weighted by atomic mass is 9.89. The third-order valence-corrected chi connectivity index (χ3v) is 6.59. The van der Waals surface area contributed by atoms with Gasteiger partial charge in [0.1, 0.15) is 5.82 Å². The summed E-state index contributed by atoms with van der Waals surface area (Å²) < 4.78 is 39.0. The Morgan fingerprint density at radius 1 is 1.14 bits per heavy atom. The van der Waals surface area contributed by atoms with E-state index < -0.39 is 11.7 Å². The second-order valence-corrected chi connectivity index (χ2v) is 9.34. The summed E-state index contributed by atoms with van der Waals surface area (Å²) in [6, 6.07) is 11.1. The Hall–Kier alpha value is -3.13. The number of halogens is 4. The molecule has 0 radical (unpaired) electrons. The molecule has 1 fully saturated rings. The number of hydrogen-bond acceptors (Lipinski definition) is 4. The summed E-state index contributed by atoms with van der Waals surface area (Å²) in [6.07, 6.45) is -0.237. The van der Waals surface area contributed by atoms with Crippen LogP contribution < -0.4 is 5.32 Å². The second kappa shape index (κ2) is 10.2. The largest absolute Gasteiger partial charge is 0.417 e. The molecule has 3 heterocycles. The average Bonchev–Trinajstić information content (AvgIpc) is 2.83. The van der Waals surface area contributed by atoms with Gasteiger partial charge in [-0.05, 0) is 56.0 Å². The summed E-state index contributed by atoms with van der Waals surface area (Å²) in [4.78, 5) is 24.0. The van der Waals surface area contributed by atoms with Crippen LogP contribution in [0.1, 0.15) is 41.3 Å². The molecule has 0 spiro atoms. The number of nitrogens with one attached hydrogen (secondary N) is 1. The number of likely N-dealkylation sites (tertiary alicyclic amines) is 1. The molecule has 1 saturated heterocycles. The van der Waals surface area contributed by atoms with Crippen LogP contribution >= 0.6 is 11.6 Å². The lowest BCUT2D eigenvalue weighted by Gasteiger charge is -2.40. The van der Waals surface area contributed by atoms with Crippen LogP contribution in [0, 0.1) is 12.8 Å². The maximum Gasteiger partial charge on any atom is 0.417 e. The Bertz CT molecular complexity index is 1180. The van der Waals surface area contributed by atoms with Crippen molar-refractivity contribution in [2.45, 2.75) is 38.9 Å². The normalized spacial score (nSPS) is 18.4. The van der Waals surface area contributed by atoms with Crippen LogP contribution in [-0.2, 0) is 6.18 Å². The molecule has 0 aliphatic carbocycles. The van der Waals surface area contributed by atoms with Crippen molar-refractivity contribution in [3.05, 3.63) is 76.6 Å². The SMILES string of the molecule is Cc1ccc(-c2ccc(C(F)(F)F)cn2)c(C(=O)N2CCC[C@@H](C)[C@H]2CNc2ccc(Cl)cn2)c1. The number of alkyl halides is 3. The smallest absolute Gasteiger partial charge is 0.368 e. The van der Waals surface area contributed by atoms with E-state index in [2.05, 4.69) is 22.2 Å². The summed E-state index contributed by atoms with van der Waals surface area (Å²) in [5.74, 6) is 0.766. The zero-order valence-electron chi connectivity index (χ0n) is 19.4. The molecule has 184 valence electrons. The monoisotopic (exact) mass is 502 g/mol. The van der Waals surface area contributed by atoms with Gasteiger partial charge in [-0.25, -0.2) is 4.98 Å². The summed E-state index contributed by atoms with van der Waals surface area (Å²) in [5.41, 5.74) is 1.33. The number of nitrogens with zero attached hydrogens (tertiary/aromatic N) is 3. The number of amides is 1. The highest BCUT2D eigenvalue weighted by molar-refractivity contribution is 6.30. The average molecular weight is 503 g/mol. The zero-order valence-corrected chi connectivity index (χ0v) is 20.2. The van der Waals surface area contributed by atoms with Gasteiger partial charge in [0.2, 0.25) is 0 Å². The van der Waals surface area contributed by atoms with Gasteiger partial charge in [0.05, 0.1) is 22.3 Å². The maximum atomic E-state index is 13.8. The molecule has 1 N–H and O–H groups in total. The van der Waals surface area contributed by atoms with Crippen LogP contribution in [0.2, 0.25) is 5.02 Å². The van der Waals surface area contributed by atoms with Crippen LogP contribution in [-0.4, -0.2) is 39.9 Å². The summed E-state index contributed by atoms with van der Waals surface area (Å²) in [6.45, 7) is 5.11. The van der Waals surface area contributed by atoms with Crippen molar-refractivity contribution in [1.29, 1.82) is 0 Å². The summed E-state index contributed by atoms with van der Waals surface area (Å²) in [5, 5.41) is 3.85. The number of aryl methyl sites for hydroxylation is 1. The number of piperidine rings is 1. The molecule has 5 nitrogen and oxygen atoms in total. The van der Waals surface area contributed by atoms with Gasteiger partial charge in [-0.15, -0.1) is 0 Å². The predicted molar refractivity (Wildman–Crippen MR) is 130 cm³/mol. The minimum absolute atomic E-state index is 0.0809. The standard InChI is InChI=1S/C26H26ClF3N4O/c1-16-5-8-20(22-9-6-18(13-31-22)26(28,29)30)21(12-16)25(35)34-11-3-4-17(2)23(34)15-33-24-10-7-19(27)14-32-24/h5-10,12-14,17,23H,3-4,11,15H2,1-2H3,(H,32,33)/t17-,23-/m1/s1. The van der Waals surface area contributed by atoms with Gasteiger partial charge in [0.25, 0.3) is 5.91 Å². The molecule has 2 atom stereocenters. The van der Waals surface area contributed by atoms with Crippen molar-refractivity contribution < 1.29 is 18.0 Å². The van der Waals surface area contributed by atoms with Gasteiger partial charge >= 0.3 is 6.18 Å².